The van der Waals surface area contributed by atoms with E-state index >= 15 is 0 Å². The summed E-state index contributed by atoms with van der Waals surface area (Å²) in [6, 6.07) is 11.5. The fraction of sp³-hybridized carbons (Fsp3) is 0.280. The maximum atomic E-state index is 12.3. The predicted octanol–water partition coefficient (Wildman–Crippen LogP) is 4.88. The van der Waals surface area contributed by atoms with E-state index in [-0.39, 0.29) is 13.0 Å². The summed E-state index contributed by atoms with van der Waals surface area (Å²) in [7, 11) is 0. The molecule has 0 aliphatic carbocycles. The van der Waals surface area contributed by atoms with Gasteiger partial charge < -0.3 is 10.1 Å². The van der Waals surface area contributed by atoms with Crippen molar-refractivity contribution in [3.05, 3.63) is 69.5 Å². The SMILES string of the molecule is Cc1cc(C)c(NC(=O)COC(=O)CCc2c(C)nc3c4ccccc4nn3c2C)c(Cl)c1. The fourth-order valence-corrected chi connectivity index (χ4v) is 4.40. The summed E-state index contributed by atoms with van der Waals surface area (Å²) in [6.07, 6.45) is 0.577. The van der Waals surface area contributed by atoms with Crippen LogP contribution in [0.4, 0.5) is 5.69 Å². The number of nitrogens with zero attached hydrogens (tertiary/aromatic N) is 3. The Morgan fingerprint density at radius 1 is 1.12 bits per heavy atom. The zero-order valence-electron chi connectivity index (χ0n) is 19.0. The van der Waals surface area contributed by atoms with Crippen LogP contribution in [0.1, 0.15) is 34.5 Å². The van der Waals surface area contributed by atoms with Crippen LogP contribution in [0.25, 0.3) is 16.6 Å². The number of benzene rings is 2. The second kappa shape index (κ2) is 9.19. The first-order valence-electron chi connectivity index (χ1n) is 10.7. The van der Waals surface area contributed by atoms with Crippen molar-refractivity contribution >= 4 is 45.7 Å². The molecule has 0 saturated heterocycles. The lowest BCUT2D eigenvalue weighted by Gasteiger charge is -2.12. The molecule has 0 radical (unpaired) electrons. The Bertz CT molecular complexity index is 1370. The Morgan fingerprint density at radius 2 is 1.88 bits per heavy atom. The van der Waals surface area contributed by atoms with E-state index in [1.165, 1.54) is 0 Å². The molecule has 0 aliphatic rings. The molecule has 8 heteroatoms. The first-order chi connectivity index (χ1) is 15.7. The predicted molar refractivity (Wildman–Crippen MR) is 129 cm³/mol. The number of anilines is 1. The smallest absolute Gasteiger partial charge is 0.306 e. The number of ether oxygens (including phenoxy) is 1. The molecule has 0 saturated carbocycles. The third-order valence-corrected chi connectivity index (χ3v) is 5.96. The molecule has 33 heavy (non-hydrogen) atoms. The average molecular weight is 465 g/mol. The summed E-state index contributed by atoms with van der Waals surface area (Å²) in [5.41, 5.74) is 6.78. The Morgan fingerprint density at radius 3 is 2.64 bits per heavy atom. The zero-order chi connectivity index (χ0) is 23.7. The van der Waals surface area contributed by atoms with Gasteiger partial charge in [-0.25, -0.2) is 9.50 Å². The molecule has 1 amide bonds. The van der Waals surface area contributed by atoms with Crippen LogP contribution in [0.3, 0.4) is 0 Å². The van der Waals surface area contributed by atoms with E-state index in [9.17, 15) is 9.59 Å². The molecule has 0 aliphatic heterocycles. The normalized spacial score (nSPS) is 11.2. The Hall–Kier alpha value is -3.45. The van der Waals surface area contributed by atoms with E-state index in [1.54, 1.807) is 6.07 Å². The third kappa shape index (κ3) is 4.68. The Balaban J connectivity index is 1.39. The standard InChI is InChI=1S/C25H25ClN4O3/c1-14-11-15(2)24(20(26)12-14)28-22(31)13-33-23(32)10-9-18-16(3)27-25-19-7-5-6-8-21(19)29-30(25)17(18)4/h5-8,11-12H,9-10,13H2,1-4H3,(H,28,31). The monoisotopic (exact) mass is 464 g/mol. The maximum absolute atomic E-state index is 12.3. The lowest BCUT2D eigenvalue weighted by molar-refractivity contribution is -0.147. The molecule has 2 aromatic carbocycles. The quantitative estimate of drug-likeness (QED) is 0.411. The Labute approximate surface area is 196 Å². The minimum atomic E-state index is -0.457. The molecule has 7 nitrogen and oxygen atoms in total. The summed E-state index contributed by atoms with van der Waals surface area (Å²) in [5, 5.41) is 8.79. The van der Waals surface area contributed by atoms with Crippen molar-refractivity contribution in [1.29, 1.82) is 0 Å². The van der Waals surface area contributed by atoms with Gasteiger partial charge in [0, 0.05) is 23.2 Å². The van der Waals surface area contributed by atoms with Crippen LogP contribution in [0.15, 0.2) is 36.4 Å². The van der Waals surface area contributed by atoms with E-state index in [4.69, 9.17) is 21.3 Å². The largest absolute Gasteiger partial charge is 0.456 e. The van der Waals surface area contributed by atoms with Gasteiger partial charge in [-0.05, 0) is 69.0 Å². The third-order valence-electron chi connectivity index (χ3n) is 5.66. The van der Waals surface area contributed by atoms with Crippen molar-refractivity contribution in [2.24, 2.45) is 0 Å². The van der Waals surface area contributed by atoms with Crippen molar-refractivity contribution in [2.75, 3.05) is 11.9 Å². The number of carbonyl (C=O) groups excluding carboxylic acids is 2. The molecule has 4 rings (SSSR count). The van der Waals surface area contributed by atoms with Gasteiger partial charge in [0.15, 0.2) is 12.3 Å². The van der Waals surface area contributed by atoms with Gasteiger partial charge in [0.25, 0.3) is 5.91 Å². The van der Waals surface area contributed by atoms with Crippen molar-refractivity contribution in [3.8, 4) is 0 Å². The highest BCUT2D eigenvalue weighted by molar-refractivity contribution is 6.34. The lowest BCUT2D eigenvalue weighted by Crippen LogP contribution is -2.22. The molecule has 0 unspecified atom stereocenters. The second-order valence-electron chi connectivity index (χ2n) is 8.16. The second-order valence-corrected chi connectivity index (χ2v) is 8.57. The number of hydrogen-bond acceptors (Lipinski definition) is 5. The van der Waals surface area contributed by atoms with Gasteiger partial charge in [-0.3, -0.25) is 9.59 Å². The van der Waals surface area contributed by atoms with Gasteiger partial charge in [0.1, 0.15) is 0 Å². The van der Waals surface area contributed by atoms with Crippen LogP contribution in [-0.2, 0) is 20.7 Å². The molecule has 0 bridgehead atoms. The molecule has 0 fully saturated rings. The minimum absolute atomic E-state index is 0.132. The van der Waals surface area contributed by atoms with Crippen LogP contribution in [0, 0.1) is 27.7 Å². The number of esters is 1. The van der Waals surface area contributed by atoms with Gasteiger partial charge >= 0.3 is 5.97 Å². The van der Waals surface area contributed by atoms with Gasteiger partial charge in [0.05, 0.1) is 16.2 Å². The highest BCUT2D eigenvalue weighted by Gasteiger charge is 2.16. The maximum Gasteiger partial charge on any atom is 0.306 e. The zero-order valence-corrected chi connectivity index (χ0v) is 19.8. The van der Waals surface area contributed by atoms with E-state index in [1.807, 2.05) is 62.5 Å². The molecular formula is C25H25ClN4O3. The summed E-state index contributed by atoms with van der Waals surface area (Å²) < 4.78 is 7.00. The van der Waals surface area contributed by atoms with Gasteiger partial charge in [-0.2, -0.15) is 5.10 Å². The number of amides is 1. The molecule has 0 spiro atoms. The van der Waals surface area contributed by atoms with Crippen LogP contribution in [0.2, 0.25) is 5.02 Å². The van der Waals surface area contributed by atoms with Gasteiger partial charge in [0.2, 0.25) is 0 Å². The first kappa shape index (κ1) is 22.7. The number of hydrogen-bond donors (Lipinski definition) is 1. The minimum Gasteiger partial charge on any atom is -0.456 e. The van der Waals surface area contributed by atoms with E-state index in [0.29, 0.717) is 17.1 Å². The number of aromatic nitrogens is 3. The number of carbonyl (C=O) groups is 2. The molecular weight excluding hydrogens is 440 g/mol. The van der Waals surface area contributed by atoms with Crippen molar-refractivity contribution in [1.82, 2.24) is 14.6 Å². The number of halogens is 1. The van der Waals surface area contributed by atoms with Gasteiger partial charge in [-0.1, -0.05) is 29.8 Å². The van der Waals surface area contributed by atoms with Crippen LogP contribution in [-0.4, -0.2) is 33.1 Å². The highest BCUT2D eigenvalue weighted by Crippen LogP contribution is 2.27. The van der Waals surface area contributed by atoms with Crippen molar-refractivity contribution in [3.63, 3.8) is 0 Å². The summed E-state index contributed by atoms with van der Waals surface area (Å²) in [6.45, 7) is 7.31. The summed E-state index contributed by atoms with van der Waals surface area (Å²) in [5.74, 6) is -0.891. The lowest BCUT2D eigenvalue weighted by atomic mass is 10.1. The van der Waals surface area contributed by atoms with Crippen LogP contribution < -0.4 is 5.32 Å². The number of nitrogens with one attached hydrogen (secondary N) is 1. The van der Waals surface area contributed by atoms with Gasteiger partial charge in [-0.15, -0.1) is 0 Å². The number of rotatable bonds is 6. The Kier molecular flexibility index (Phi) is 6.33. The molecule has 2 heterocycles. The van der Waals surface area contributed by atoms with E-state index in [2.05, 4.69) is 10.4 Å². The molecule has 4 aromatic rings. The summed E-state index contributed by atoms with van der Waals surface area (Å²) >= 11 is 6.22. The number of fused-ring (bicyclic) bond motifs is 3. The topological polar surface area (TPSA) is 85.6 Å². The van der Waals surface area contributed by atoms with E-state index < -0.39 is 11.9 Å². The van der Waals surface area contributed by atoms with Crippen LogP contribution >= 0.6 is 11.6 Å². The number of aryl methyl sites for hydroxylation is 4. The first-order valence-corrected chi connectivity index (χ1v) is 11.1. The van der Waals surface area contributed by atoms with E-state index in [0.717, 1.165) is 44.6 Å². The molecule has 1 N–H and O–H groups in total. The van der Waals surface area contributed by atoms with Crippen LogP contribution in [0.5, 0.6) is 0 Å². The molecule has 170 valence electrons. The molecule has 2 aromatic heterocycles. The summed E-state index contributed by atoms with van der Waals surface area (Å²) in [4.78, 5) is 29.3. The average Bonchev–Trinajstić information content (AvgIpc) is 3.13. The fourth-order valence-electron chi connectivity index (χ4n) is 4.03. The highest BCUT2D eigenvalue weighted by atomic mass is 35.5. The van der Waals surface area contributed by atoms with Crippen molar-refractivity contribution in [2.45, 2.75) is 40.5 Å². The molecule has 0 atom stereocenters. The van der Waals surface area contributed by atoms with Crippen molar-refractivity contribution < 1.29 is 14.3 Å².